The summed E-state index contributed by atoms with van der Waals surface area (Å²) < 4.78 is 0. The molecule has 20 heavy (non-hydrogen) atoms. The lowest BCUT2D eigenvalue weighted by Crippen LogP contribution is -2.12. The summed E-state index contributed by atoms with van der Waals surface area (Å²) in [4.78, 5) is 8.80. The molecule has 1 aliphatic heterocycles. The van der Waals surface area contributed by atoms with E-state index in [1.54, 1.807) is 0 Å². The van der Waals surface area contributed by atoms with Crippen LogP contribution in [-0.4, -0.2) is 18.6 Å². The first-order valence-corrected chi connectivity index (χ1v) is 8.18. The molecule has 1 fully saturated rings. The van der Waals surface area contributed by atoms with Crippen molar-refractivity contribution in [2.75, 3.05) is 18.5 Å². The molecule has 0 radical (unpaired) electrons. The topological polar surface area (TPSA) is 28.2 Å². The Morgan fingerprint density at radius 1 is 1.35 bits per heavy atom. The average molecular weight is 285 g/mol. The predicted octanol–water partition coefficient (Wildman–Crippen LogP) is 3.43. The molecule has 0 saturated heterocycles. The summed E-state index contributed by atoms with van der Waals surface area (Å²) in [5, 5.41) is 4.46. The molecule has 0 atom stereocenters. The summed E-state index contributed by atoms with van der Waals surface area (Å²) in [5.74, 6) is 0.723. The molecule has 2 aliphatic rings. The van der Waals surface area contributed by atoms with Crippen molar-refractivity contribution in [1.29, 1.82) is 0 Å². The summed E-state index contributed by atoms with van der Waals surface area (Å²) >= 11 is 1.87. The van der Waals surface area contributed by atoms with Gasteiger partial charge < -0.3 is 10.2 Å². The van der Waals surface area contributed by atoms with Crippen LogP contribution < -0.4 is 10.2 Å². The predicted molar refractivity (Wildman–Crippen MR) is 84.0 cm³/mol. The van der Waals surface area contributed by atoms with Gasteiger partial charge in [-0.1, -0.05) is 29.5 Å². The molecule has 3 nitrogen and oxygen atoms in total. The van der Waals surface area contributed by atoms with Crippen LogP contribution in [0.3, 0.4) is 0 Å². The van der Waals surface area contributed by atoms with Crippen molar-refractivity contribution in [2.24, 2.45) is 0 Å². The zero-order chi connectivity index (χ0) is 13.5. The Morgan fingerprint density at radius 2 is 2.20 bits per heavy atom. The number of nitrogens with zero attached hydrogens (tertiary/aromatic N) is 2. The SMILES string of the molecule is CNCc1sc(N2CCc3ccccc32)nc1C1CC1. The number of para-hydroxylation sites is 1. The average Bonchev–Trinajstić information content (AvgIpc) is 3.09. The molecule has 0 unspecified atom stereocenters. The molecule has 1 saturated carbocycles. The number of nitrogens with one attached hydrogen (secondary N) is 1. The number of benzene rings is 1. The smallest absolute Gasteiger partial charge is 0.190 e. The molecule has 4 heteroatoms. The van der Waals surface area contributed by atoms with Crippen LogP contribution in [0.15, 0.2) is 24.3 Å². The quantitative estimate of drug-likeness (QED) is 0.933. The number of aromatic nitrogens is 1. The van der Waals surface area contributed by atoms with Gasteiger partial charge in [-0.25, -0.2) is 4.98 Å². The van der Waals surface area contributed by atoms with Gasteiger partial charge in [0.25, 0.3) is 0 Å². The van der Waals surface area contributed by atoms with E-state index in [0.717, 1.165) is 25.4 Å². The highest BCUT2D eigenvalue weighted by Gasteiger charge is 2.31. The third-order valence-electron chi connectivity index (χ3n) is 4.14. The molecule has 1 aromatic carbocycles. The molecule has 0 amide bonds. The molecule has 2 heterocycles. The molecule has 4 rings (SSSR count). The highest BCUT2D eigenvalue weighted by Crippen LogP contribution is 2.46. The van der Waals surface area contributed by atoms with E-state index in [2.05, 4.69) is 34.5 Å². The minimum atomic E-state index is 0.723. The van der Waals surface area contributed by atoms with Crippen LogP contribution in [0, 0.1) is 0 Å². The van der Waals surface area contributed by atoms with Crippen LogP contribution >= 0.6 is 11.3 Å². The first kappa shape index (κ1) is 12.4. The Balaban J connectivity index is 1.71. The van der Waals surface area contributed by atoms with Crippen LogP contribution in [0.4, 0.5) is 10.8 Å². The van der Waals surface area contributed by atoms with Crippen molar-refractivity contribution < 1.29 is 0 Å². The molecule has 1 N–H and O–H groups in total. The second-order valence-electron chi connectivity index (χ2n) is 5.64. The minimum absolute atomic E-state index is 0.723. The number of fused-ring (bicyclic) bond motifs is 1. The monoisotopic (exact) mass is 285 g/mol. The highest BCUT2D eigenvalue weighted by molar-refractivity contribution is 7.15. The van der Waals surface area contributed by atoms with E-state index < -0.39 is 0 Å². The fourth-order valence-electron chi connectivity index (χ4n) is 2.97. The van der Waals surface area contributed by atoms with Crippen molar-refractivity contribution in [3.63, 3.8) is 0 Å². The third-order valence-corrected chi connectivity index (χ3v) is 5.23. The zero-order valence-corrected chi connectivity index (χ0v) is 12.5. The van der Waals surface area contributed by atoms with Gasteiger partial charge in [0.1, 0.15) is 0 Å². The van der Waals surface area contributed by atoms with Crippen LogP contribution in [0.2, 0.25) is 0 Å². The zero-order valence-electron chi connectivity index (χ0n) is 11.7. The van der Waals surface area contributed by atoms with Crippen molar-refractivity contribution in [3.05, 3.63) is 40.4 Å². The first-order chi connectivity index (χ1) is 9.86. The van der Waals surface area contributed by atoms with E-state index in [9.17, 15) is 0 Å². The normalized spacial score (nSPS) is 17.6. The number of anilines is 2. The van der Waals surface area contributed by atoms with Crippen LogP contribution in [0.5, 0.6) is 0 Å². The molecule has 1 aromatic heterocycles. The summed E-state index contributed by atoms with van der Waals surface area (Å²) in [6.45, 7) is 2.01. The summed E-state index contributed by atoms with van der Waals surface area (Å²) in [5.41, 5.74) is 4.15. The maximum atomic E-state index is 4.98. The number of hydrogen-bond acceptors (Lipinski definition) is 4. The molecule has 0 spiro atoms. The van der Waals surface area contributed by atoms with Gasteiger partial charge in [0.05, 0.1) is 5.69 Å². The summed E-state index contributed by atoms with van der Waals surface area (Å²) in [7, 11) is 2.02. The lowest BCUT2D eigenvalue weighted by Gasteiger charge is -2.15. The summed E-state index contributed by atoms with van der Waals surface area (Å²) in [6, 6.07) is 8.71. The molecular weight excluding hydrogens is 266 g/mol. The van der Waals surface area contributed by atoms with E-state index in [1.807, 2.05) is 18.4 Å². The minimum Gasteiger partial charge on any atom is -0.317 e. The van der Waals surface area contributed by atoms with E-state index in [-0.39, 0.29) is 0 Å². The number of hydrogen-bond donors (Lipinski definition) is 1. The number of rotatable bonds is 4. The number of thiazole rings is 1. The Labute approximate surface area is 123 Å². The van der Waals surface area contributed by atoms with Gasteiger partial charge in [0.15, 0.2) is 5.13 Å². The van der Waals surface area contributed by atoms with Crippen molar-refractivity contribution in [2.45, 2.75) is 31.7 Å². The second-order valence-corrected chi connectivity index (χ2v) is 6.70. The van der Waals surface area contributed by atoms with Gasteiger partial charge >= 0.3 is 0 Å². The van der Waals surface area contributed by atoms with E-state index in [1.165, 1.54) is 39.8 Å². The molecular formula is C16H19N3S. The Kier molecular flexibility index (Phi) is 3.00. The summed E-state index contributed by atoms with van der Waals surface area (Å²) in [6.07, 6.45) is 3.77. The highest BCUT2D eigenvalue weighted by atomic mass is 32.1. The Hall–Kier alpha value is -1.39. The van der Waals surface area contributed by atoms with Gasteiger partial charge in [-0.3, -0.25) is 0 Å². The lowest BCUT2D eigenvalue weighted by molar-refractivity contribution is 0.812. The maximum absolute atomic E-state index is 4.98. The maximum Gasteiger partial charge on any atom is 0.190 e. The fraction of sp³-hybridized carbons (Fsp3) is 0.438. The molecule has 0 bridgehead atoms. The van der Waals surface area contributed by atoms with Crippen molar-refractivity contribution in [1.82, 2.24) is 10.3 Å². The van der Waals surface area contributed by atoms with Gasteiger partial charge in [-0.2, -0.15) is 0 Å². The van der Waals surface area contributed by atoms with E-state index in [4.69, 9.17) is 4.98 Å². The largest absolute Gasteiger partial charge is 0.317 e. The van der Waals surface area contributed by atoms with Gasteiger partial charge in [0, 0.05) is 29.6 Å². The Bertz CT molecular complexity index is 630. The van der Waals surface area contributed by atoms with Crippen molar-refractivity contribution in [3.8, 4) is 0 Å². The third kappa shape index (κ3) is 2.03. The standard InChI is InChI=1S/C16H19N3S/c1-17-10-14-15(12-6-7-12)18-16(20-14)19-9-8-11-4-2-3-5-13(11)19/h2-5,12,17H,6-10H2,1H3. The van der Waals surface area contributed by atoms with Crippen LogP contribution in [0.25, 0.3) is 0 Å². The van der Waals surface area contributed by atoms with Crippen molar-refractivity contribution >= 4 is 22.2 Å². The Morgan fingerprint density at radius 3 is 3.00 bits per heavy atom. The van der Waals surface area contributed by atoms with Crippen LogP contribution in [-0.2, 0) is 13.0 Å². The van der Waals surface area contributed by atoms with Crippen LogP contribution in [0.1, 0.15) is 34.9 Å². The molecule has 104 valence electrons. The van der Waals surface area contributed by atoms with E-state index in [0.29, 0.717) is 0 Å². The van der Waals surface area contributed by atoms with Gasteiger partial charge in [0.2, 0.25) is 0 Å². The van der Waals surface area contributed by atoms with Gasteiger partial charge in [-0.05, 0) is 37.9 Å². The lowest BCUT2D eigenvalue weighted by atomic mass is 10.2. The van der Waals surface area contributed by atoms with Gasteiger partial charge in [-0.15, -0.1) is 0 Å². The van der Waals surface area contributed by atoms with E-state index >= 15 is 0 Å². The molecule has 2 aromatic rings. The molecule has 1 aliphatic carbocycles. The second kappa shape index (κ2) is 4.86. The first-order valence-electron chi connectivity index (χ1n) is 7.36. The fourth-order valence-corrected chi connectivity index (χ4v) is 4.16.